The summed E-state index contributed by atoms with van der Waals surface area (Å²) < 4.78 is 27.6. The Balaban J connectivity index is 1.39. The molecule has 40 heavy (non-hydrogen) atoms. The van der Waals surface area contributed by atoms with E-state index in [-0.39, 0.29) is 40.4 Å². The predicted molar refractivity (Wildman–Crippen MR) is 132 cm³/mol. The minimum Gasteiger partial charge on any atom is -0.496 e. The Morgan fingerprint density at radius 3 is 2.17 bits per heavy atom. The summed E-state index contributed by atoms with van der Waals surface area (Å²) in [7, 11) is 1.34. The summed E-state index contributed by atoms with van der Waals surface area (Å²) >= 11 is 0. The van der Waals surface area contributed by atoms with E-state index in [2.05, 4.69) is 0 Å². The first-order valence-corrected chi connectivity index (χ1v) is 12.6. The SMILES string of the molecule is COc1c(C)c(O[C@H]2O[C@@H](CO[C@@H]3OC[C@@H](O)[C@H](O)[C@H]3O)[C@H](O)[C@@H](O)[C@@H]2O)cc2c1C(=O)c1ccccc1C2=O. The fourth-order valence-corrected chi connectivity index (χ4v) is 5.07. The van der Waals surface area contributed by atoms with E-state index in [1.165, 1.54) is 19.2 Å². The number of fused-ring (bicyclic) bond motifs is 2. The number of carbonyl (C=O) groups excluding carboxylic acids is 2. The van der Waals surface area contributed by atoms with Crippen molar-refractivity contribution in [1.29, 1.82) is 0 Å². The topological polar surface area (TPSA) is 202 Å². The Kier molecular flexibility index (Phi) is 7.94. The fraction of sp³-hybridized carbons (Fsp3) is 0.481. The molecule has 9 atom stereocenters. The number of carbonyl (C=O) groups is 2. The van der Waals surface area contributed by atoms with E-state index < -0.39 is 73.5 Å². The molecule has 216 valence electrons. The van der Waals surface area contributed by atoms with Crippen molar-refractivity contribution in [2.24, 2.45) is 0 Å². The summed E-state index contributed by atoms with van der Waals surface area (Å²) in [5.74, 6) is -0.716. The maximum atomic E-state index is 13.3. The minimum absolute atomic E-state index is 0.0200. The average molecular weight is 563 g/mol. The van der Waals surface area contributed by atoms with Crippen LogP contribution in [0.2, 0.25) is 0 Å². The van der Waals surface area contributed by atoms with Gasteiger partial charge in [0.25, 0.3) is 0 Å². The highest BCUT2D eigenvalue weighted by Crippen LogP contribution is 2.41. The van der Waals surface area contributed by atoms with Crippen molar-refractivity contribution in [2.75, 3.05) is 20.3 Å². The van der Waals surface area contributed by atoms with E-state index in [0.717, 1.165) is 0 Å². The first kappa shape index (κ1) is 28.5. The molecule has 13 heteroatoms. The highest BCUT2D eigenvalue weighted by atomic mass is 16.7. The number of aliphatic hydroxyl groups is 6. The van der Waals surface area contributed by atoms with Crippen LogP contribution in [0.4, 0.5) is 0 Å². The van der Waals surface area contributed by atoms with Crippen molar-refractivity contribution < 1.29 is 63.9 Å². The monoisotopic (exact) mass is 562 g/mol. The van der Waals surface area contributed by atoms with Crippen LogP contribution in [0, 0.1) is 6.92 Å². The van der Waals surface area contributed by atoms with Crippen molar-refractivity contribution in [2.45, 2.75) is 62.2 Å². The highest BCUT2D eigenvalue weighted by Gasteiger charge is 2.47. The van der Waals surface area contributed by atoms with Gasteiger partial charge < -0.3 is 54.3 Å². The van der Waals surface area contributed by atoms with E-state index >= 15 is 0 Å². The smallest absolute Gasteiger partial charge is 0.229 e. The van der Waals surface area contributed by atoms with E-state index in [4.69, 9.17) is 23.7 Å². The first-order chi connectivity index (χ1) is 19.0. The number of benzene rings is 2. The number of hydrogen-bond donors (Lipinski definition) is 6. The molecule has 0 spiro atoms. The number of ether oxygens (including phenoxy) is 5. The lowest BCUT2D eigenvalue weighted by Crippen LogP contribution is -2.61. The Morgan fingerprint density at radius 2 is 1.50 bits per heavy atom. The minimum atomic E-state index is -1.74. The molecule has 2 aromatic carbocycles. The lowest BCUT2D eigenvalue weighted by Gasteiger charge is -2.41. The van der Waals surface area contributed by atoms with Crippen LogP contribution in [-0.4, -0.2) is 118 Å². The molecule has 2 heterocycles. The molecule has 0 aromatic heterocycles. The van der Waals surface area contributed by atoms with Crippen LogP contribution in [-0.2, 0) is 14.2 Å². The molecule has 2 aromatic rings. The molecule has 0 unspecified atom stereocenters. The predicted octanol–water partition coefficient (Wildman–Crippen LogP) is -1.58. The summed E-state index contributed by atoms with van der Waals surface area (Å²) in [6.45, 7) is 0.802. The van der Waals surface area contributed by atoms with E-state index in [9.17, 15) is 40.2 Å². The number of rotatable bonds is 6. The number of methoxy groups -OCH3 is 1. The maximum Gasteiger partial charge on any atom is 0.229 e. The Hall–Kier alpha value is -2.98. The van der Waals surface area contributed by atoms with Crippen molar-refractivity contribution in [3.8, 4) is 11.5 Å². The molecule has 2 aliphatic heterocycles. The van der Waals surface area contributed by atoms with Gasteiger partial charge in [-0.15, -0.1) is 0 Å². The van der Waals surface area contributed by atoms with Gasteiger partial charge in [-0.1, -0.05) is 24.3 Å². The van der Waals surface area contributed by atoms with Crippen LogP contribution in [0.5, 0.6) is 11.5 Å². The van der Waals surface area contributed by atoms with Crippen molar-refractivity contribution in [3.05, 3.63) is 58.1 Å². The molecule has 5 rings (SSSR count). The average Bonchev–Trinajstić information content (AvgIpc) is 2.95. The van der Waals surface area contributed by atoms with E-state index in [1.807, 2.05) is 0 Å². The molecule has 1 aliphatic carbocycles. The lowest BCUT2D eigenvalue weighted by atomic mass is 9.82. The van der Waals surface area contributed by atoms with Gasteiger partial charge in [0, 0.05) is 22.3 Å². The molecule has 13 nitrogen and oxygen atoms in total. The third-order valence-corrected chi connectivity index (χ3v) is 7.36. The van der Waals surface area contributed by atoms with Crippen LogP contribution in [0.1, 0.15) is 37.4 Å². The van der Waals surface area contributed by atoms with E-state index in [1.54, 1.807) is 25.1 Å². The Morgan fingerprint density at radius 1 is 0.850 bits per heavy atom. The standard InChI is InChI=1S/C27H30O13/c1-10-15(7-13-17(25(10)36-2)19(30)12-6-4-3-5-11(12)18(13)29)39-27-24(35)22(33)21(32)16(40-27)9-38-26-23(34)20(31)14(28)8-37-26/h3-7,14,16,20-24,26-28,31-35H,8-9H2,1-2H3/t14-,16+,20+,21+,22-,23-,24+,26+,27+/m1/s1. The number of aliphatic hydroxyl groups excluding tert-OH is 6. The van der Waals surface area contributed by atoms with Gasteiger partial charge in [0.2, 0.25) is 6.29 Å². The van der Waals surface area contributed by atoms with Crippen LogP contribution in [0.15, 0.2) is 30.3 Å². The van der Waals surface area contributed by atoms with Crippen LogP contribution in [0.3, 0.4) is 0 Å². The zero-order chi connectivity index (χ0) is 28.9. The second-order valence-electron chi connectivity index (χ2n) is 9.88. The van der Waals surface area contributed by atoms with Crippen LogP contribution in [0.25, 0.3) is 0 Å². The molecule has 2 saturated heterocycles. The first-order valence-electron chi connectivity index (χ1n) is 12.6. The summed E-state index contributed by atoms with van der Waals surface area (Å²) in [5, 5.41) is 61.1. The van der Waals surface area contributed by atoms with Crippen LogP contribution >= 0.6 is 0 Å². The summed E-state index contributed by atoms with van der Waals surface area (Å²) in [4.78, 5) is 26.5. The third kappa shape index (κ3) is 4.79. The molecule has 0 saturated carbocycles. The van der Waals surface area contributed by atoms with Gasteiger partial charge in [0.1, 0.15) is 54.2 Å². The Labute approximate surface area is 228 Å². The largest absolute Gasteiger partial charge is 0.496 e. The quantitative estimate of drug-likeness (QED) is 0.201. The van der Waals surface area contributed by atoms with Gasteiger partial charge in [-0.2, -0.15) is 0 Å². The normalized spacial score (nSPS) is 33.8. The van der Waals surface area contributed by atoms with Crippen molar-refractivity contribution in [3.63, 3.8) is 0 Å². The molecule has 6 N–H and O–H groups in total. The fourth-order valence-electron chi connectivity index (χ4n) is 5.07. The number of ketones is 2. The van der Waals surface area contributed by atoms with Gasteiger partial charge in [-0.05, 0) is 13.0 Å². The van der Waals surface area contributed by atoms with Gasteiger partial charge in [0.05, 0.1) is 25.9 Å². The zero-order valence-corrected chi connectivity index (χ0v) is 21.5. The van der Waals surface area contributed by atoms with Gasteiger partial charge in [0.15, 0.2) is 17.9 Å². The summed E-state index contributed by atoms with van der Waals surface area (Å²) in [5.41, 5.74) is 0.868. The number of hydrogen-bond acceptors (Lipinski definition) is 13. The zero-order valence-electron chi connectivity index (χ0n) is 21.5. The maximum absolute atomic E-state index is 13.3. The molecule has 0 bridgehead atoms. The van der Waals surface area contributed by atoms with Gasteiger partial charge in [-0.25, -0.2) is 0 Å². The lowest BCUT2D eigenvalue weighted by molar-refractivity contribution is -0.307. The summed E-state index contributed by atoms with van der Waals surface area (Å²) in [6.07, 6.45) is -13.8. The molecule has 0 amide bonds. The van der Waals surface area contributed by atoms with E-state index in [0.29, 0.717) is 5.56 Å². The van der Waals surface area contributed by atoms with Crippen molar-refractivity contribution >= 4 is 11.6 Å². The third-order valence-electron chi connectivity index (χ3n) is 7.36. The molecule has 3 aliphatic rings. The molecule has 2 fully saturated rings. The summed E-state index contributed by atoms with van der Waals surface area (Å²) in [6, 6.07) is 7.72. The second-order valence-corrected chi connectivity index (χ2v) is 9.88. The van der Waals surface area contributed by atoms with Crippen molar-refractivity contribution in [1.82, 2.24) is 0 Å². The molecule has 0 radical (unpaired) electrons. The van der Waals surface area contributed by atoms with Gasteiger partial charge >= 0.3 is 0 Å². The molecular weight excluding hydrogens is 532 g/mol. The Bertz CT molecular complexity index is 1300. The second kappa shape index (κ2) is 11.1. The molecular formula is C27H30O13. The highest BCUT2D eigenvalue weighted by molar-refractivity contribution is 6.29. The van der Waals surface area contributed by atoms with Gasteiger partial charge in [-0.3, -0.25) is 9.59 Å². The van der Waals surface area contributed by atoms with Crippen LogP contribution < -0.4 is 9.47 Å².